The number of aliphatic hydroxyl groups is 4. The van der Waals surface area contributed by atoms with Gasteiger partial charge >= 0.3 is 5.97 Å². The summed E-state index contributed by atoms with van der Waals surface area (Å²) in [6.45, 7) is 9.46. The van der Waals surface area contributed by atoms with E-state index < -0.39 is 75.5 Å². The van der Waals surface area contributed by atoms with Gasteiger partial charge in [-0.05, 0) is 50.3 Å². The number of rotatable bonds is 3. The number of aromatic amines is 1. The van der Waals surface area contributed by atoms with Crippen LogP contribution in [0, 0.1) is 16.7 Å². The summed E-state index contributed by atoms with van der Waals surface area (Å²) in [5.41, 5.74) is -11.2. The zero-order valence-corrected chi connectivity index (χ0v) is 20.1. The molecule has 8 atom stereocenters. The molecular weight excluding hydrogens is 458 g/mol. The average molecular weight is 490 g/mol. The maximum Gasteiger partial charge on any atom is 0.355 e. The topological polar surface area (TPSA) is 166 Å². The van der Waals surface area contributed by atoms with Gasteiger partial charge in [0.05, 0.1) is 5.41 Å². The molecule has 0 aromatic carbocycles. The third kappa shape index (κ3) is 2.27. The van der Waals surface area contributed by atoms with E-state index in [0.29, 0.717) is 0 Å². The lowest BCUT2D eigenvalue weighted by Crippen LogP contribution is -2.79. The van der Waals surface area contributed by atoms with E-state index in [0.717, 1.165) is 0 Å². The normalized spacial score (nSPS) is 48.8. The van der Waals surface area contributed by atoms with E-state index >= 15 is 0 Å². The van der Waals surface area contributed by atoms with Crippen molar-refractivity contribution >= 4 is 17.5 Å². The van der Waals surface area contributed by atoms with E-state index in [4.69, 9.17) is 9.47 Å². The number of H-pyrrole nitrogens is 1. The van der Waals surface area contributed by atoms with Crippen molar-refractivity contribution in [2.24, 2.45) is 16.7 Å². The maximum absolute atomic E-state index is 14.4. The molecule has 10 nitrogen and oxygen atoms in total. The van der Waals surface area contributed by atoms with Crippen molar-refractivity contribution in [3.8, 4) is 0 Å². The first-order chi connectivity index (χ1) is 16.1. The Balaban J connectivity index is 1.82. The molecule has 3 bridgehead atoms. The van der Waals surface area contributed by atoms with Gasteiger partial charge in [0, 0.05) is 12.6 Å². The zero-order chi connectivity index (χ0) is 26.0. The molecule has 2 saturated carbocycles. The van der Waals surface area contributed by atoms with E-state index in [9.17, 15) is 34.8 Å². The molecule has 4 aliphatic rings. The predicted octanol–water partition coefficient (Wildman–Crippen LogP) is 0.395. The van der Waals surface area contributed by atoms with E-state index in [1.165, 1.54) is 40.0 Å². The summed E-state index contributed by atoms with van der Waals surface area (Å²) in [6.07, 6.45) is -2.81. The number of hydrogen-bond acceptors (Lipinski definition) is 9. The molecule has 10 heteroatoms. The first-order valence-electron chi connectivity index (χ1n) is 11.7. The lowest BCUT2D eigenvalue weighted by molar-refractivity contribution is -0.375. The number of nitrogens with one attached hydrogen (secondary N) is 1. The molecule has 1 aromatic rings. The first-order valence-corrected chi connectivity index (χ1v) is 11.7. The highest BCUT2D eigenvalue weighted by Crippen LogP contribution is 2.73. The van der Waals surface area contributed by atoms with Crippen LogP contribution < -0.4 is 0 Å². The fourth-order valence-corrected chi connectivity index (χ4v) is 7.31. The van der Waals surface area contributed by atoms with E-state index in [2.05, 4.69) is 11.6 Å². The van der Waals surface area contributed by atoms with Crippen LogP contribution in [0.4, 0.5) is 0 Å². The molecule has 190 valence electrons. The summed E-state index contributed by atoms with van der Waals surface area (Å²) in [5.74, 6) is -6.16. The molecule has 3 heterocycles. The third-order valence-corrected chi connectivity index (χ3v) is 9.51. The molecule has 5 rings (SSSR count). The van der Waals surface area contributed by atoms with Crippen LogP contribution in [-0.4, -0.2) is 77.7 Å². The number of aromatic nitrogens is 1. The van der Waals surface area contributed by atoms with Crippen LogP contribution >= 0.6 is 0 Å². The summed E-state index contributed by atoms with van der Waals surface area (Å²) in [7, 11) is 0. The third-order valence-electron chi connectivity index (χ3n) is 9.51. The van der Waals surface area contributed by atoms with E-state index in [-0.39, 0.29) is 24.1 Å². The fraction of sp³-hybridized carbons (Fsp3) is 0.640. The highest BCUT2D eigenvalue weighted by atomic mass is 16.7. The van der Waals surface area contributed by atoms with Gasteiger partial charge in [0.25, 0.3) is 0 Å². The second-order valence-corrected chi connectivity index (χ2v) is 11.2. The zero-order valence-electron chi connectivity index (χ0n) is 20.1. The minimum Gasteiger partial charge on any atom is -0.446 e. The molecule has 2 aliphatic carbocycles. The average Bonchev–Trinajstić information content (AvgIpc) is 3.38. The Hall–Kier alpha value is -2.37. The van der Waals surface area contributed by atoms with Crippen molar-refractivity contribution in [3.05, 3.63) is 36.2 Å². The van der Waals surface area contributed by atoms with Crippen molar-refractivity contribution in [2.45, 2.75) is 81.8 Å². The Bertz CT molecular complexity index is 1160. The van der Waals surface area contributed by atoms with Crippen LogP contribution in [-0.2, 0) is 19.1 Å². The summed E-state index contributed by atoms with van der Waals surface area (Å²) >= 11 is 0. The van der Waals surface area contributed by atoms with Crippen molar-refractivity contribution in [3.63, 3.8) is 0 Å². The Morgan fingerprint density at radius 1 is 1.26 bits per heavy atom. The van der Waals surface area contributed by atoms with Gasteiger partial charge in [-0.15, -0.1) is 0 Å². The van der Waals surface area contributed by atoms with Crippen LogP contribution in [0.1, 0.15) is 57.4 Å². The number of ether oxygens (including phenoxy) is 2. The summed E-state index contributed by atoms with van der Waals surface area (Å²) < 4.78 is 11.6. The molecule has 5 N–H and O–H groups in total. The minimum atomic E-state index is -2.47. The Kier molecular flexibility index (Phi) is 4.65. The first kappa shape index (κ1) is 24.3. The number of ketones is 2. The fourth-order valence-electron chi connectivity index (χ4n) is 7.31. The maximum atomic E-state index is 14.4. The second-order valence-electron chi connectivity index (χ2n) is 11.2. The number of hydrogen-bond donors (Lipinski definition) is 5. The summed E-state index contributed by atoms with van der Waals surface area (Å²) in [4.78, 5) is 44.4. The van der Waals surface area contributed by atoms with Crippen LogP contribution in [0.15, 0.2) is 30.5 Å². The summed E-state index contributed by atoms with van der Waals surface area (Å²) in [5, 5.41) is 47.6. The summed E-state index contributed by atoms with van der Waals surface area (Å²) in [6, 6.07) is 2.97. The molecule has 35 heavy (non-hydrogen) atoms. The van der Waals surface area contributed by atoms with Crippen molar-refractivity contribution in [1.29, 1.82) is 0 Å². The largest absolute Gasteiger partial charge is 0.446 e. The lowest BCUT2D eigenvalue weighted by atomic mass is 9.49. The molecule has 4 fully saturated rings. The van der Waals surface area contributed by atoms with Crippen LogP contribution in [0.2, 0.25) is 0 Å². The highest BCUT2D eigenvalue weighted by molar-refractivity contribution is 6.06. The van der Waals surface area contributed by atoms with Crippen molar-refractivity contribution in [1.82, 2.24) is 4.98 Å². The van der Waals surface area contributed by atoms with Gasteiger partial charge in [-0.1, -0.05) is 20.4 Å². The Morgan fingerprint density at radius 3 is 2.49 bits per heavy atom. The predicted molar refractivity (Wildman–Crippen MR) is 119 cm³/mol. The van der Waals surface area contributed by atoms with Gasteiger partial charge in [-0.25, -0.2) is 4.79 Å². The number of fused-ring (bicyclic) bond motifs is 2. The molecule has 2 saturated heterocycles. The van der Waals surface area contributed by atoms with Crippen molar-refractivity contribution < 1.29 is 44.3 Å². The van der Waals surface area contributed by atoms with E-state index in [1.807, 2.05) is 0 Å². The van der Waals surface area contributed by atoms with Gasteiger partial charge < -0.3 is 34.9 Å². The van der Waals surface area contributed by atoms with Gasteiger partial charge in [0.2, 0.25) is 0 Å². The number of aliphatic hydroxyl groups excluding tert-OH is 1. The molecule has 1 aromatic heterocycles. The monoisotopic (exact) mass is 489 g/mol. The molecule has 2 aliphatic heterocycles. The van der Waals surface area contributed by atoms with Crippen molar-refractivity contribution in [2.75, 3.05) is 0 Å². The van der Waals surface area contributed by atoms with Gasteiger partial charge in [-0.3, -0.25) is 9.59 Å². The smallest absolute Gasteiger partial charge is 0.355 e. The van der Waals surface area contributed by atoms with Crippen LogP contribution in [0.5, 0.6) is 0 Å². The second kappa shape index (κ2) is 6.68. The SMILES string of the molecule is C=C1CC[C@@]2(O)[C@]3(O[C@@]4(O)C[C@]2(C)C(=O)[C@H](OC(=O)c2ccc[nH]2)[C@](O)(C(C)C)[C@]4(C)C3=O)[C@@H]1O. The standard InChI is InChI=1S/C25H31NO9/c1-12(2)24(33)17(34-18(29)14-7-6-10-26-14)16(28)20(4)11-23(32)21(24,5)19(30)25(35-23)15(27)13(3)8-9-22(20,25)31/h6-7,10,12,15,17,26-27,31-33H,3,8-9,11H2,1-2,4-5H3/t15-,17+,20-,21-,22+,23+,24-,25+/m1/s1. The highest BCUT2D eigenvalue weighted by Gasteiger charge is 2.92. The van der Waals surface area contributed by atoms with Gasteiger partial charge in [-0.2, -0.15) is 0 Å². The van der Waals surface area contributed by atoms with E-state index in [1.54, 1.807) is 6.07 Å². The number of carbonyl (C=O) groups is 3. The van der Waals surface area contributed by atoms with Gasteiger partial charge in [0.1, 0.15) is 28.4 Å². The quantitative estimate of drug-likeness (QED) is 0.298. The molecule has 0 radical (unpaired) electrons. The number of Topliss-reactive ketones (excluding diaryl/α,β-unsaturated/α-hetero) is 2. The Labute approximate surface area is 201 Å². The lowest BCUT2D eigenvalue weighted by Gasteiger charge is -2.61. The van der Waals surface area contributed by atoms with Gasteiger partial charge in [0.15, 0.2) is 29.1 Å². The number of carbonyl (C=O) groups excluding carboxylic acids is 3. The van der Waals surface area contributed by atoms with Crippen LogP contribution in [0.3, 0.4) is 0 Å². The minimum absolute atomic E-state index is 0.0128. The van der Waals surface area contributed by atoms with Crippen LogP contribution in [0.25, 0.3) is 0 Å². The molecular formula is C25H31NO9. The Morgan fingerprint density at radius 2 is 1.91 bits per heavy atom. The molecule has 0 unspecified atom stereocenters. The number of esters is 1. The molecule has 0 amide bonds. The molecule has 1 spiro atoms.